The van der Waals surface area contributed by atoms with Crippen LogP contribution in [0.3, 0.4) is 0 Å². The van der Waals surface area contributed by atoms with Gasteiger partial charge in [-0.1, -0.05) is 6.92 Å². The Balaban J connectivity index is 2.80. The number of rotatable bonds is 8. The topological polar surface area (TPSA) is 61.4 Å². The van der Waals surface area contributed by atoms with Gasteiger partial charge in [-0.2, -0.15) is 4.98 Å². The second kappa shape index (κ2) is 8.81. The number of carbonyl (C=O) groups is 1. The molecule has 0 radical (unpaired) electrons. The first-order valence-electron chi connectivity index (χ1n) is 7.28. The van der Waals surface area contributed by atoms with Crippen molar-refractivity contribution in [3.05, 3.63) is 10.7 Å². The molecule has 7 heteroatoms. The highest BCUT2D eigenvalue weighted by Gasteiger charge is 2.16. The zero-order valence-corrected chi connectivity index (χ0v) is 14.8. The van der Waals surface area contributed by atoms with Gasteiger partial charge in [0.15, 0.2) is 0 Å². The molecule has 0 aromatic carbocycles. The summed E-state index contributed by atoms with van der Waals surface area (Å²) in [6, 6.07) is 0. The van der Waals surface area contributed by atoms with E-state index in [0.717, 1.165) is 30.5 Å². The minimum Gasteiger partial charge on any atom is -0.354 e. The Morgan fingerprint density at radius 2 is 2.00 bits per heavy atom. The molecule has 1 aromatic heterocycles. The van der Waals surface area contributed by atoms with Crippen LogP contribution in [0.2, 0.25) is 0 Å². The van der Waals surface area contributed by atoms with Crippen molar-refractivity contribution in [1.29, 1.82) is 0 Å². The summed E-state index contributed by atoms with van der Waals surface area (Å²) in [5.41, 5.74) is 0. The fourth-order valence-corrected chi connectivity index (χ4v) is 2.40. The molecule has 0 saturated heterocycles. The van der Waals surface area contributed by atoms with Crippen LogP contribution < -0.4 is 10.2 Å². The Kier molecular flexibility index (Phi) is 7.42. The first-order chi connectivity index (χ1) is 10.0. The molecule has 6 nitrogen and oxygen atoms in total. The van der Waals surface area contributed by atoms with E-state index >= 15 is 0 Å². The lowest BCUT2D eigenvalue weighted by atomic mass is 10.4. The van der Waals surface area contributed by atoms with Crippen LogP contribution in [0.25, 0.3) is 0 Å². The number of halogens is 1. The van der Waals surface area contributed by atoms with E-state index in [4.69, 9.17) is 0 Å². The van der Waals surface area contributed by atoms with Crippen LogP contribution in [0.1, 0.15) is 27.2 Å². The standard InChI is InChI=1S/C14H24BrN5O/c1-5-8-16-14-17-9-11(15)13(18-14)19(4)10-12(21)20(6-2)7-3/h9H,5-8,10H2,1-4H3,(H,16,17,18). The molecule has 0 unspecified atom stereocenters. The first-order valence-corrected chi connectivity index (χ1v) is 8.08. The Bertz CT molecular complexity index is 465. The fraction of sp³-hybridized carbons (Fsp3) is 0.643. The number of nitrogens with one attached hydrogen (secondary N) is 1. The van der Waals surface area contributed by atoms with Gasteiger partial charge in [0.25, 0.3) is 0 Å². The molecule has 1 amide bonds. The Morgan fingerprint density at radius 3 is 2.57 bits per heavy atom. The van der Waals surface area contributed by atoms with Gasteiger partial charge in [-0.25, -0.2) is 4.98 Å². The molecule has 1 heterocycles. The summed E-state index contributed by atoms with van der Waals surface area (Å²) < 4.78 is 0.777. The van der Waals surface area contributed by atoms with E-state index in [0.29, 0.717) is 18.3 Å². The maximum Gasteiger partial charge on any atom is 0.242 e. The van der Waals surface area contributed by atoms with Crippen molar-refractivity contribution >= 4 is 33.6 Å². The molecule has 0 bridgehead atoms. The van der Waals surface area contributed by atoms with Gasteiger partial charge in [-0.05, 0) is 36.2 Å². The number of likely N-dealkylation sites (N-methyl/N-ethyl adjacent to an activating group) is 2. The van der Waals surface area contributed by atoms with Gasteiger partial charge in [-0.3, -0.25) is 4.79 Å². The van der Waals surface area contributed by atoms with E-state index in [1.54, 1.807) is 6.20 Å². The number of carbonyl (C=O) groups excluding carboxylic acids is 1. The van der Waals surface area contributed by atoms with Crippen molar-refractivity contribution in [2.75, 3.05) is 43.4 Å². The third-order valence-corrected chi connectivity index (χ3v) is 3.67. The van der Waals surface area contributed by atoms with Gasteiger partial charge in [0.05, 0.1) is 11.0 Å². The molecule has 0 spiro atoms. The number of nitrogens with zero attached hydrogens (tertiary/aromatic N) is 4. The van der Waals surface area contributed by atoms with Crippen LogP contribution in [0.5, 0.6) is 0 Å². The van der Waals surface area contributed by atoms with Crippen LogP contribution in [-0.4, -0.2) is 54.0 Å². The zero-order valence-electron chi connectivity index (χ0n) is 13.2. The largest absolute Gasteiger partial charge is 0.354 e. The summed E-state index contributed by atoms with van der Waals surface area (Å²) in [5.74, 6) is 1.39. The Morgan fingerprint density at radius 1 is 1.33 bits per heavy atom. The van der Waals surface area contributed by atoms with Crippen molar-refractivity contribution in [1.82, 2.24) is 14.9 Å². The Labute approximate surface area is 135 Å². The van der Waals surface area contributed by atoms with E-state index in [1.807, 2.05) is 30.7 Å². The van der Waals surface area contributed by atoms with E-state index < -0.39 is 0 Å². The summed E-state index contributed by atoms with van der Waals surface area (Å²) in [6.45, 7) is 8.60. The van der Waals surface area contributed by atoms with Crippen LogP contribution in [0, 0.1) is 0 Å². The molecule has 0 fully saturated rings. The van der Waals surface area contributed by atoms with Gasteiger partial charge >= 0.3 is 0 Å². The van der Waals surface area contributed by atoms with Crippen LogP contribution in [-0.2, 0) is 4.79 Å². The van der Waals surface area contributed by atoms with Crippen molar-refractivity contribution in [2.24, 2.45) is 0 Å². The number of hydrogen-bond donors (Lipinski definition) is 1. The minimum absolute atomic E-state index is 0.0936. The monoisotopic (exact) mass is 357 g/mol. The second-order valence-corrected chi connectivity index (χ2v) is 5.57. The summed E-state index contributed by atoms with van der Waals surface area (Å²) in [5, 5.41) is 3.15. The van der Waals surface area contributed by atoms with Crippen LogP contribution in [0.15, 0.2) is 10.7 Å². The molecule has 0 aliphatic rings. The lowest BCUT2D eigenvalue weighted by Crippen LogP contribution is -2.39. The van der Waals surface area contributed by atoms with E-state index in [9.17, 15) is 4.79 Å². The molecule has 1 N–H and O–H groups in total. The van der Waals surface area contributed by atoms with Gasteiger partial charge in [-0.15, -0.1) is 0 Å². The first kappa shape index (κ1) is 17.7. The maximum absolute atomic E-state index is 12.2. The number of aromatic nitrogens is 2. The highest BCUT2D eigenvalue weighted by Crippen LogP contribution is 2.23. The minimum atomic E-state index is 0.0936. The van der Waals surface area contributed by atoms with Crippen molar-refractivity contribution < 1.29 is 4.79 Å². The highest BCUT2D eigenvalue weighted by atomic mass is 79.9. The van der Waals surface area contributed by atoms with Crippen LogP contribution in [0.4, 0.5) is 11.8 Å². The molecular formula is C14H24BrN5O. The number of hydrogen-bond acceptors (Lipinski definition) is 5. The zero-order chi connectivity index (χ0) is 15.8. The average Bonchev–Trinajstić information content (AvgIpc) is 2.47. The van der Waals surface area contributed by atoms with E-state index in [-0.39, 0.29) is 5.91 Å². The quantitative estimate of drug-likeness (QED) is 0.773. The number of anilines is 2. The molecule has 21 heavy (non-hydrogen) atoms. The summed E-state index contributed by atoms with van der Waals surface area (Å²) in [6.07, 6.45) is 2.71. The third kappa shape index (κ3) is 5.15. The molecule has 1 rings (SSSR count). The van der Waals surface area contributed by atoms with Crippen molar-refractivity contribution in [3.8, 4) is 0 Å². The molecule has 118 valence electrons. The molecule has 0 saturated carbocycles. The van der Waals surface area contributed by atoms with Gasteiger partial charge < -0.3 is 15.1 Å². The smallest absolute Gasteiger partial charge is 0.242 e. The van der Waals surface area contributed by atoms with Gasteiger partial charge in [0.1, 0.15) is 5.82 Å². The normalized spacial score (nSPS) is 10.3. The molecule has 0 aliphatic carbocycles. The average molecular weight is 358 g/mol. The maximum atomic E-state index is 12.2. The molecular weight excluding hydrogens is 334 g/mol. The SMILES string of the molecule is CCCNc1ncc(Br)c(N(C)CC(=O)N(CC)CC)n1. The van der Waals surface area contributed by atoms with Gasteiger partial charge in [0.2, 0.25) is 11.9 Å². The second-order valence-electron chi connectivity index (χ2n) is 4.71. The van der Waals surface area contributed by atoms with Crippen molar-refractivity contribution in [2.45, 2.75) is 27.2 Å². The summed E-state index contributed by atoms with van der Waals surface area (Å²) >= 11 is 3.44. The molecule has 0 atom stereocenters. The van der Waals surface area contributed by atoms with E-state index in [2.05, 4.69) is 38.1 Å². The lowest BCUT2D eigenvalue weighted by Gasteiger charge is -2.24. The highest BCUT2D eigenvalue weighted by molar-refractivity contribution is 9.10. The molecule has 0 aliphatic heterocycles. The number of amides is 1. The lowest BCUT2D eigenvalue weighted by molar-refractivity contribution is -0.129. The van der Waals surface area contributed by atoms with Gasteiger partial charge in [0, 0.05) is 32.9 Å². The third-order valence-electron chi connectivity index (χ3n) is 3.11. The predicted octanol–water partition coefficient (Wildman–Crippen LogP) is 2.37. The predicted molar refractivity (Wildman–Crippen MR) is 89.7 cm³/mol. The van der Waals surface area contributed by atoms with Crippen molar-refractivity contribution in [3.63, 3.8) is 0 Å². The van der Waals surface area contributed by atoms with E-state index in [1.165, 1.54) is 0 Å². The Hall–Kier alpha value is -1.37. The molecule has 1 aromatic rings. The summed E-state index contributed by atoms with van der Waals surface area (Å²) in [4.78, 5) is 24.5. The summed E-state index contributed by atoms with van der Waals surface area (Å²) in [7, 11) is 1.86. The van der Waals surface area contributed by atoms with Crippen LogP contribution >= 0.6 is 15.9 Å². The fourth-order valence-electron chi connectivity index (χ4n) is 1.90.